The van der Waals surface area contributed by atoms with Gasteiger partial charge in [0.15, 0.2) is 0 Å². The molecule has 2 aliphatic rings. The molecule has 2 heterocycles. The average molecular weight is 771 g/mol. The lowest BCUT2D eigenvalue weighted by Crippen LogP contribution is -2.02. The molecule has 11 rings (SSSR count). The summed E-state index contributed by atoms with van der Waals surface area (Å²) in [5.74, 6) is 0. The first-order valence-electron chi connectivity index (χ1n) is 21.6. The highest BCUT2D eigenvalue weighted by atomic mass is 15.0. The molecule has 0 atom stereocenters. The van der Waals surface area contributed by atoms with Gasteiger partial charge in [-0.15, -0.1) is 0 Å². The summed E-state index contributed by atoms with van der Waals surface area (Å²) in [6, 6.07) is 60.7. The molecule has 288 valence electrons. The van der Waals surface area contributed by atoms with Crippen LogP contribution < -0.4 is 0 Å². The van der Waals surface area contributed by atoms with Gasteiger partial charge in [-0.1, -0.05) is 176 Å². The third-order valence-corrected chi connectivity index (χ3v) is 12.5. The van der Waals surface area contributed by atoms with E-state index >= 15 is 0 Å². The fraction of sp³-hybridized carbons (Fsp3) is 0.103. The first-order valence-corrected chi connectivity index (χ1v) is 21.6. The number of para-hydroxylation sites is 1. The van der Waals surface area contributed by atoms with E-state index in [0.717, 1.165) is 37.9 Å². The Morgan fingerprint density at radius 3 is 1.45 bits per heavy atom. The molecule has 7 aromatic carbocycles. The average Bonchev–Trinajstić information content (AvgIpc) is 3.85. The SMILES string of the molecule is CCn1c2ccccc2c2cc(-n3c(-c4ccccc4)c4c(C5=CCCC=C5)c(-c5ccccc5)c(C5=CCCC=C5)c(-c5ccccc5)c4c3-c3ccccc3)ccc21. The van der Waals surface area contributed by atoms with Crippen molar-refractivity contribution in [3.8, 4) is 50.5 Å². The lowest BCUT2D eigenvalue weighted by atomic mass is 9.77. The van der Waals surface area contributed by atoms with Crippen LogP contribution in [0.3, 0.4) is 0 Å². The third kappa shape index (κ3) is 5.86. The monoisotopic (exact) mass is 770 g/mol. The van der Waals surface area contributed by atoms with Gasteiger partial charge in [0.2, 0.25) is 0 Å². The van der Waals surface area contributed by atoms with E-state index in [4.69, 9.17) is 0 Å². The van der Waals surface area contributed by atoms with Gasteiger partial charge in [0.05, 0.1) is 11.4 Å². The molecular formula is C58H46N2. The highest BCUT2D eigenvalue weighted by molar-refractivity contribution is 6.23. The van der Waals surface area contributed by atoms with E-state index < -0.39 is 0 Å². The summed E-state index contributed by atoms with van der Waals surface area (Å²) in [7, 11) is 0. The third-order valence-electron chi connectivity index (χ3n) is 12.5. The van der Waals surface area contributed by atoms with Crippen molar-refractivity contribution in [2.75, 3.05) is 0 Å². The Labute approximate surface area is 352 Å². The van der Waals surface area contributed by atoms with Crippen LogP contribution >= 0.6 is 0 Å². The number of hydrogen-bond acceptors (Lipinski definition) is 0. The molecule has 0 spiro atoms. The van der Waals surface area contributed by atoms with Crippen LogP contribution in [0.25, 0.3) is 94.2 Å². The largest absolute Gasteiger partial charge is 0.341 e. The summed E-state index contributed by atoms with van der Waals surface area (Å²) in [6.07, 6.45) is 18.6. The van der Waals surface area contributed by atoms with Gasteiger partial charge in [-0.25, -0.2) is 0 Å². The zero-order valence-electron chi connectivity index (χ0n) is 34.0. The lowest BCUT2D eigenvalue weighted by Gasteiger charge is -2.26. The number of aromatic nitrogens is 2. The van der Waals surface area contributed by atoms with Crippen LogP contribution in [0.1, 0.15) is 43.7 Å². The zero-order valence-corrected chi connectivity index (χ0v) is 34.0. The minimum atomic E-state index is 0.906. The molecule has 0 radical (unpaired) electrons. The van der Waals surface area contributed by atoms with E-state index in [9.17, 15) is 0 Å². The molecule has 2 aromatic heterocycles. The number of benzene rings is 7. The standard InChI is InChI=1S/C58H46N2/c1-2-59-49-36-22-21-35-47(49)48-39-46(37-38-50(48)59)60-57(44-31-17-7-18-32-44)55-53(42-27-13-5-14-28-42)51(40-23-9-3-10-24-40)52(41-25-11-4-12-26-41)54(43-29-15-6-16-30-43)56(55)58(60)45-33-19-8-20-34-45/h3,6-11,13,15-39H,2,4-5,12,14H2,1H3. The smallest absolute Gasteiger partial charge is 0.0620 e. The first kappa shape index (κ1) is 36.0. The van der Waals surface area contributed by atoms with Crippen molar-refractivity contribution in [3.05, 3.63) is 211 Å². The molecule has 9 aromatic rings. The number of aryl methyl sites for hydroxylation is 1. The maximum atomic E-state index is 2.61. The van der Waals surface area contributed by atoms with E-state index in [0.29, 0.717) is 0 Å². The molecule has 2 aliphatic carbocycles. The Morgan fingerprint density at radius 2 is 0.900 bits per heavy atom. The van der Waals surface area contributed by atoms with E-state index in [1.165, 1.54) is 99.6 Å². The fourth-order valence-corrected chi connectivity index (χ4v) is 10.0. The predicted octanol–water partition coefficient (Wildman–Crippen LogP) is 15.9. The molecule has 0 unspecified atom stereocenters. The predicted molar refractivity (Wildman–Crippen MR) is 256 cm³/mol. The second kappa shape index (κ2) is 15.2. The van der Waals surface area contributed by atoms with Crippen molar-refractivity contribution >= 4 is 43.7 Å². The summed E-state index contributed by atoms with van der Waals surface area (Å²) in [4.78, 5) is 0. The van der Waals surface area contributed by atoms with Gasteiger partial charge in [-0.2, -0.15) is 0 Å². The van der Waals surface area contributed by atoms with Gasteiger partial charge in [0.1, 0.15) is 0 Å². The number of nitrogens with zero attached hydrogens (tertiary/aromatic N) is 2. The molecule has 2 nitrogen and oxygen atoms in total. The van der Waals surface area contributed by atoms with E-state index in [1.807, 2.05) is 0 Å². The van der Waals surface area contributed by atoms with Crippen molar-refractivity contribution in [2.24, 2.45) is 0 Å². The second-order valence-electron chi connectivity index (χ2n) is 16.0. The maximum absolute atomic E-state index is 2.61. The normalized spacial score (nSPS) is 13.9. The molecule has 0 fully saturated rings. The molecule has 0 aliphatic heterocycles. The Hall–Kier alpha value is -7.16. The number of rotatable bonds is 8. The fourth-order valence-electron chi connectivity index (χ4n) is 10.0. The van der Waals surface area contributed by atoms with Crippen molar-refractivity contribution in [1.29, 1.82) is 0 Å². The van der Waals surface area contributed by atoms with Gasteiger partial charge in [0.25, 0.3) is 0 Å². The molecule has 0 N–H and O–H groups in total. The van der Waals surface area contributed by atoms with Crippen LogP contribution in [0, 0.1) is 0 Å². The van der Waals surface area contributed by atoms with Crippen LogP contribution in [-0.4, -0.2) is 9.13 Å². The van der Waals surface area contributed by atoms with Gasteiger partial charge in [0, 0.05) is 50.4 Å². The molecule has 0 amide bonds. The Morgan fingerprint density at radius 1 is 0.417 bits per heavy atom. The van der Waals surface area contributed by atoms with Gasteiger partial charge in [-0.3, -0.25) is 0 Å². The van der Waals surface area contributed by atoms with Gasteiger partial charge >= 0.3 is 0 Å². The summed E-state index contributed by atoms with van der Waals surface area (Å²) in [5, 5.41) is 5.09. The Kier molecular flexibility index (Phi) is 9.12. The topological polar surface area (TPSA) is 9.86 Å². The van der Waals surface area contributed by atoms with Crippen molar-refractivity contribution < 1.29 is 0 Å². The van der Waals surface area contributed by atoms with Crippen LogP contribution in [0.2, 0.25) is 0 Å². The Bertz CT molecular complexity index is 3190. The number of allylic oxidation sites excluding steroid dienone is 8. The summed E-state index contributed by atoms with van der Waals surface area (Å²) in [5.41, 5.74) is 18.6. The molecule has 0 bridgehead atoms. The summed E-state index contributed by atoms with van der Waals surface area (Å²) >= 11 is 0. The van der Waals surface area contributed by atoms with Crippen LogP contribution in [0.4, 0.5) is 0 Å². The van der Waals surface area contributed by atoms with Crippen LogP contribution in [0.15, 0.2) is 200 Å². The summed E-state index contributed by atoms with van der Waals surface area (Å²) < 4.78 is 5.06. The van der Waals surface area contributed by atoms with Crippen LogP contribution in [-0.2, 0) is 6.54 Å². The molecule has 60 heavy (non-hydrogen) atoms. The van der Waals surface area contributed by atoms with E-state index in [1.54, 1.807) is 0 Å². The summed E-state index contributed by atoms with van der Waals surface area (Å²) in [6.45, 7) is 3.16. The number of hydrogen-bond donors (Lipinski definition) is 0. The second-order valence-corrected chi connectivity index (χ2v) is 16.0. The highest BCUT2D eigenvalue weighted by Gasteiger charge is 2.33. The maximum Gasteiger partial charge on any atom is 0.0620 e. The minimum Gasteiger partial charge on any atom is -0.341 e. The van der Waals surface area contributed by atoms with E-state index in [2.05, 4.69) is 216 Å². The molecule has 0 saturated heterocycles. The van der Waals surface area contributed by atoms with Gasteiger partial charge < -0.3 is 9.13 Å². The van der Waals surface area contributed by atoms with Crippen molar-refractivity contribution in [1.82, 2.24) is 9.13 Å². The molecular weight excluding hydrogens is 725 g/mol. The quantitative estimate of drug-likeness (QED) is 0.146. The van der Waals surface area contributed by atoms with E-state index in [-0.39, 0.29) is 0 Å². The van der Waals surface area contributed by atoms with Crippen LogP contribution in [0.5, 0.6) is 0 Å². The number of fused-ring (bicyclic) bond motifs is 4. The Balaban J connectivity index is 1.45. The lowest BCUT2D eigenvalue weighted by molar-refractivity contribution is 0.827. The zero-order chi connectivity index (χ0) is 40.0. The minimum absolute atomic E-state index is 0.906. The van der Waals surface area contributed by atoms with Crippen molar-refractivity contribution in [2.45, 2.75) is 39.2 Å². The van der Waals surface area contributed by atoms with Gasteiger partial charge in [-0.05, 0) is 107 Å². The molecule has 0 saturated carbocycles. The first-order chi connectivity index (χ1) is 29.8. The molecule has 2 heteroatoms. The highest BCUT2D eigenvalue weighted by Crippen LogP contribution is 2.55. The van der Waals surface area contributed by atoms with Crippen molar-refractivity contribution in [3.63, 3.8) is 0 Å².